The van der Waals surface area contributed by atoms with Crippen LogP contribution in [0, 0.1) is 12.7 Å². The van der Waals surface area contributed by atoms with Crippen molar-refractivity contribution in [2.45, 2.75) is 13.5 Å². The summed E-state index contributed by atoms with van der Waals surface area (Å²) in [6.45, 7) is 4.28. The van der Waals surface area contributed by atoms with E-state index in [0.29, 0.717) is 31.2 Å². The van der Waals surface area contributed by atoms with Gasteiger partial charge in [0.2, 0.25) is 5.78 Å². The van der Waals surface area contributed by atoms with Crippen molar-refractivity contribution in [3.63, 3.8) is 0 Å². The molecule has 7 heteroatoms. The van der Waals surface area contributed by atoms with Gasteiger partial charge in [-0.25, -0.2) is 4.39 Å². The predicted octanol–water partition coefficient (Wildman–Crippen LogP) is 4.20. The summed E-state index contributed by atoms with van der Waals surface area (Å²) < 4.78 is 30.9. The Morgan fingerprint density at radius 3 is 2.93 bits per heavy atom. The van der Waals surface area contributed by atoms with Crippen LogP contribution >= 0.6 is 11.6 Å². The highest BCUT2D eigenvalue weighted by Crippen LogP contribution is 2.43. The highest BCUT2D eigenvalue weighted by atomic mass is 35.5. The molecule has 28 heavy (non-hydrogen) atoms. The van der Waals surface area contributed by atoms with Crippen LogP contribution in [0.15, 0.2) is 30.0 Å². The first-order chi connectivity index (χ1) is 13.5. The van der Waals surface area contributed by atoms with Crippen molar-refractivity contribution in [1.29, 1.82) is 0 Å². The number of ketones is 1. The number of carbonyl (C=O) groups is 1. The van der Waals surface area contributed by atoms with Crippen molar-refractivity contribution < 1.29 is 23.4 Å². The van der Waals surface area contributed by atoms with Gasteiger partial charge in [-0.1, -0.05) is 17.7 Å². The molecule has 0 aromatic heterocycles. The lowest BCUT2D eigenvalue weighted by molar-refractivity contribution is 0.0649. The number of carbonyl (C=O) groups excluding carboxylic acids is 1. The second kappa shape index (κ2) is 7.54. The number of nitrogens with zero attached hydrogens (tertiary/aromatic N) is 1. The SMILES string of the molecule is COCCN1COc2c(cc3c(c2C)O/C(=C\c2c(F)cccc2Cl)C3=O)C1. The molecule has 2 aromatic carbocycles. The minimum Gasteiger partial charge on any atom is -0.477 e. The number of Topliss-reactive ketones (excluding diaryl/α,β-unsaturated/α-hetero) is 1. The van der Waals surface area contributed by atoms with E-state index in [9.17, 15) is 9.18 Å². The topological polar surface area (TPSA) is 48.0 Å². The summed E-state index contributed by atoms with van der Waals surface area (Å²) in [7, 11) is 1.65. The molecule has 0 saturated heterocycles. The Kier molecular flexibility index (Phi) is 5.10. The summed E-state index contributed by atoms with van der Waals surface area (Å²) in [4.78, 5) is 15.0. The van der Waals surface area contributed by atoms with Crippen LogP contribution in [-0.2, 0) is 11.3 Å². The average Bonchev–Trinajstić information content (AvgIpc) is 2.99. The summed E-state index contributed by atoms with van der Waals surface area (Å²) in [6, 6.07) is 6.16. The van der Waals surface area contributed by atoms with Crippen LogP contribution in [-0.4, -0.2) is 37.7 Å². The van der Waals surface area contributed by atoms with E-state index in [0.717, 1.165) is 23.4 Å². The fourth-order valence-electron chi connectivity index (χ4n) is 3.44. The number of allylic oxidation sites excluding steroid dienone is 1. The third-order valence-corrected chi connectivity index (χ3v) is 5.22. The van der Waals surface area contributed by atoms with Crippen LogP contribution in [0.2, 0.25) is 5.02 Å². The number of fused-ring (bicyclic) bond motifs is 2. The van der Waals surface area contributed by atoms with E-state index in [1.165, 1.54) is 18.2 Å². The number of rotatable bonds is 4. The Morgan fingerprint density at radius 2 is 2.18 bits per heavy atom. The van der Waals surface area contributed by atoms with Gasteiger partial charge in [0.15, 0.2) is 5.76 Å². The largest absolute Gasteiger partial charge is 0.477 e. The number of hydrogen-bond acceptors (Lipinski definition) is 5. The van der Waals surface area contributed by atoms with Crippen molar-refractivity contribution >= 4 is 23.5 Å². The fourth-order valence-corrected chi connectivity index (χ4v) is 3.66. The van der Waals surface area contributed by atoms with Gasteiger partial charge in [0.1, 0.15) is 24.0 Å². The van der Waals surface area contributed by atoms with Crippen LogP contribution in [0.25, 0.3) is 6.08 Å². The minimum absolute atomic E-state index is 0.0451. The van der Waals surface area contributed by atoms with Crippen LogP contribution in [0.1, 0.15) is 27.0 Å². The molecule has 0 amide bonds. The van der Waals surface area contributed by atoms with Gasteiger partial charge in [0.25, 0.3) is 0 Å². The number of ether oxygens (including phenoxy) is 3. The summed E-state index contributed by atoms with van der Waals surface area (Å²) >= 11 is 6.07. The van der Waals surface area contributed by atoms with Crippen molar-refractivity contribution in [1.82, 2.24) is 4.90 Å². The zero-order valence-corrected chi connectivity index (χ0v) is 16.3. The number of benzene rings is 2. The molecule has 4 rings (SSSR count). The summed E-state index contributed by atoms with van der Waals surface area (Å²) in [5.74, 6) is 0.414. The maximum absolute atomic E-state index is 14.1. The third kappa shape index (κ3) is 3.28. The molecule has 0 unspecified atom stereocenters. The molecule has 2 aliphatic rings. The van der Waals surface area contributed by atoms with E-state index in [2.05, 4.69) is 4.90 Å². The molecule has 2 aromatic rings. The maximum atomic E-state index is 14.1. The Morgan fingerprint density at radius 1 is 1.36 bits per heavy atom. The smallest absolute Gasteiger partial charge is 0.231 e. The lowest BCUT2D eigenvalue weighted by atomic mass is 10.00. The zero-order chi connectivity index (χ0) is 19.8. The standard InChI is InChI=1S/C21H19ClFNO4/c1-12-20-13(10-24(11-27-20)6-7-26-2)8-15-19(25)18(28-21(12)15)9-14-16(22)4-3-5-17(14)23/h3-5,8-9H,6-7,10-11H2,1-2H3/b18-9-. The zero-order valence-electron chi connectivity index (χ0n) is 15.6. The molecule has 2 heterocycles. The lowest BCUT2D eigenvalue weighted by Crippen LogP contribution is -2.34. The summed E-state index contributed by atoms with van der Waals surface area (Å²) in [6.07, 6.45) is 1.35. The van der Waals surface area contributed by atoms with E-state index >= 15 is 0 Å². The van der Waals surface area contributed by atoms with Gasteiger partial charge in [-0.15, -0.1) is 0 Å². The number of halogens is 2. The molecule has 5 nitrogen and oxygen atoms in total. The Hall–Kier alpha value is -2.41. The molecular formula is C21H19ClFNO4. The fraction of sp³-hybridized carbons (Fsp3) is 0.286. The molecule has 0 spiro atoms. The van der Waals surface area contributed by atoms with Crippen molar-refractivity contribution in [2.75, 3.05) is 27.0 Å². The van der Waals surface area contributed by atoms with Crippen molar-refractivity contribution in [3.8, 4) is 11.5 Å². The van der Waals surface area contributed by atoms with Crippen LogP contribution < -0.4 is 9.47 Å². The Balaban J connectivity index is 1.69. The summed E-state index contributed by atoms with van der Waals surface area (Å²) in [5.41, 5.74) is 2.26. The first-order valence-corrected chi connectivity index (χ1v) is 9.26. The van der Waals surface area contributed by atoms with Crippen molar-refractivity contribution in [2.24, 2.45) is 0 Å². The van der Waals surface area contributed by atoms with Crippen molar-refractivity contribution in [3.05, 3.63) is 63.1 Å². The van der Waals surface area contributed by atoms with Gasteiger partial charge < -0.3 is 14.2 Å². The quantitative estimate of drug-likeness (QED) is 0.716. The molecule has 2 aliphatic heterocycles. The molecule has 0 atom stereocenters. The lowest BCUT2D eigenvalue weighted by Gasteiger charge is -2.30. The first kappa shape index (κ1) is 18.9. The van der Waals surface area contributed by atoms with E-state index in [1.807, 2.05) is 6.92 Å². The highest BCUT2D eigenvalue weighted by molar-refractivity contribution is 6.32. The van der Waals surface area contributed by atoms with E-state index < -0.39 is 5.82 Å². The molecule has 0 bridgehead atoms. The Labute approximate surface area is 167 Å². The van der Waals surface area contributed by atoms with Gasteiger partial charge >= 0.3 is 0 Å². The number of hydrogen-bond donors (Lipinski definition) is 0. The molecule has 0 radical (unpaired) electrons. The van der Waals surface area contributed by atoms with E-state index in [1.54, 1.807) is 19.2 Å². The van der Waals surface area contributed by atoms with Crippen LogP contribution in [0.3, 0.4) is 0 Å². The van der Waals surface area contributed by atoms with Crippen LogP contribution in [0.4, 0.5) is 4.39 Å². The van der Waals surface area contributed by atoms with Gasteiger partial charge in [-0.3, -0.25) is 9.69 Å². The monoisotopic (exact) mass is 403 g/mol. The van der Waals surface area contributed by atoms with Gasteiger partial charge in [-0.05, 0) is 31.2 Å². The highest BCUT2D eigenvalue weighted by Gasteiger charge is 2.33. The molecule has 0 fully saturated rings. The predicted molar refractivity (Wildman–Crippen MR) is 103 cm³/mol. The van der Waals surface area contributed by atoms with Crippen LogP contribution in [0.5, 0.6) is 11.5 Å². The first-order valence-electron chi connectivity index (χ1n) is 8.88. The second-order valence-electron chi connectivity index (χ2n) is 6.76. The molecule has 0 N–H and O–H groups in total. The molecule has 0 aliphatic carbocycles. The minimum atomic E-state index is -0.513. The van der Waals surface area contributed by atoms with E-state index in [-0.39, 0.29) is 22.1 Å². The Bertz CT molecular complexity index is 969. The normalized spacial score (nSPS) is 17.3. The second-order valence-corrected chi connectivity index (χ2v) is 7.17. The van der Waals surface area contributed by atoms with Gasteiger partial charge in [-0.2, -0.15) is 0 Å². The third-order valence-electron chi connectivity index (χ3n) is 4.89. The number of methoxy groups -OCH3 is 1. The maximum Gasteiger partial charge on any atom is 0.231 e. The average molecular weight is 404 g/mol. The summed E-state index contributed by atoms with van der Waals surface area (Å²) in [5, 5.41) is 0.216. The molecular weight excluding hydrogens is 385 g/mol. The van der Waals surface area contributed by atoms with Gasteiger partial charge in [0, 0.05) is 36.9 Å². The van der Waals surface area contributed by atoms with Gasteiger partial charge in [0.05, 0.1) is 17.2 Å². The van der Waals surface area contributed by atoms with E-state index in [4.69, 9.17) is 25.8 Å². The molecule has 146 valence electrons. The molecule has 0 saturated carbocycles.